The number of esters is 1. The minimum absolute atomic E-state index is 0.111. The van der Waals surface area contributed by atoms with Crippen LogP contribution in [0.15, 0.2) is 24.3 Å². The third-order valence-corrected chi connectivity index (χ3v) is 3.27. The average Bonchev–Trinajstić information content (AvgIpc) is 2.79. The standard InChI is InChI=1S/C13H16BNO2/c1-17-13(16)12-7-4-8-15(12)9-10-5-2-3-6-11(10)14/h2-3,5-6,12H,4,7-9H2,1H3. The van der Waals surface area contributed by atoms with Crippen molar-refractivity contribution in [2.75, 3.05) is 13.7 Å². The number of nitrogens with zero attached hydrogens (tertiary/aromatic N) is 1. The summed E-state index contributed by atoms with van der Waals surface area (Å²) in [5.74, 6) is -0.142. The van der Waals surface area contributed by atoms with E-state index >= 15 is 0 Å². The van der Waals surface area contributed by atoms with Crippen LogP contribution >= 0.6 is 0 Å². The number of carbonyl (C=O) groups is 1. The molecule has 1 fully saturated rings. The Hall–Kier alpha value is -1.29. The van der Waals surface area contributed by atoms with Gasteiger partial charge in [0.2, 0.25) is 0 Å². The Bertz CT molecular complexity index is 408. The molecule has 2 rings (SSSR count). The first-order chi connectivity index (χ1) is 8.22. The summed E-state index contributed by atoms with van der Waals surface area (Å²) in [6.07, 6.45) is 1.91. The van der Waals surface area contributed by atoms with Gasteiger partial charge in [0.1, 0.15) is 13.9 Å². The Morgan fingerprint density at radius 1 is 1.53 bits per heavy atom. The highest BCUT2D eigenvalue weighted by Gasteiger charge is 2.31. The van der Waals surface area contributed by atoms with Gasteiger partial charge in [-0.25, -0.2) is 0 Å². The molecule has 1 unspecified atom stereocenters. The number of hydrogen-bond donors (Lipinski definition) is 0. The predicted molar refractivity (Wildman–Crippen MR) is 67.3 cm³/mol. The van der Waals surface area contributed by atoms with Gasteiger partial charge in [-0.15, -0.1) is 0 Å². The van der Waals surface area contributed by atoms with Gasteiger partial charge < -0.3 is 4.74 Å². The first kappa shape index (κ1) is 12.2. The van der Waals surface area contributed by atoms with Crippen molar-refractivity contribution in [1.82, 2.24) is 4.90 Å². The van der Waals surface area contributed by atoms with Gasteiger partial charge in [-0.2, -0.15) is 0 Å². The van der Waals surface area contributed by atoms with Crippen molar-refractivity contribution in [3.63, 3.8) is 0 Å². The summed E-state index contributed by atoms with van der Waals surface area (Å²) in [6, 6.07) is 7.66. The van der Waals surface area contributed by atoms with Crippen LogP contribution in [0.1, 0.15) is 18.4 Å². The second-order valence-electron chi connectivity index (χ2n) is 4.35. The maximum Gasteiger partial charge on any atom is 0.323 e. The lowest BCUT2D eigenvalue weighted by molar-refractivity contribution is -0.146. The molecule has 0 N–H and O–H groups in total. The second kappa shape index (κ2) is 5.36. The van der Waals surface area contributed by atoms with E-state index < -0.39 is 0 Å². The minimum Gasteiger partial charge on any atom is -0.468 e. The van der Waals surface area contributed by atoms with Crippen LogP contribution in [0.4, 0.5) is 0 Å². The SMILES string of the molecule is [B]c1ccccc1CN1CCCC1C(=O)OC. The van der Waals surface area contributed by atoms with Gasteiger partial charge in [-0.3, -0.25) is 9.69 Å². The van der Waals surface area contributed by atoms with Crippen LogP contribution in [0.5, 0.6) is 0 Å². The molecule has 1 aliphatic rings. The van der Waals surface area contributed by atoms with E-state index in [9.17, 15) is 4.79 Å². The van der Waals surface area contributed by atoms with Gasteiger partial charge in [0.25, 0.3) is 0 Å². The van der Waals surface area contributed by atoms with Crippen LogP contribution in [-0.2, 0) is 16.1 Å². The zero-order valence-electron chi connectivity index (χ0n) is 10.1. The van der Waals surface area contributed by atoms with Crippen LogP contribution in [0.2, 0.25) is 0 Å². The van der Waals surface area contributed by atoms with E-state index in [1.165, 1.54) is 7.11 Å². The van der Waals surface area contributed by atoms with Crippen molar-refractivity contribution in [1.29, 1.82) is 0 Å². The van der Waals surface area contributed by atoms with E-state index in [2.05, 4.69) is 4.90 Å². The molecule has 17 heavy (non-hydrogen) atoms. The summed E-state index contributed by atoms with van der Waals surface area (Å²) >= 11 is 0. The highest BCUT2D eigenvalue weighted by Crippen LogP contribution is 2.20. The van der Waals surface area contributed by atoms with Gasteiger partial charge in [0.05, 0.1) is 7.11 Å². The maximum absolute atomic E-state index is 11.6. The molecule has 1 saturated heterocycles. The number of methoxy groups -OCH3 is 1. The second-order valence-corrected chi connectivity index (χ2v) is 4.35. The van der Waals surface area contributed by atoms with E-state index in [-0.39, 0.29) is 12.0 Å². The third kappa shape index (κ3) is 2.69. The maximum atomic E-state index is 11.6. The lowest BCUT2D eigenvalue weighted by Gasteiger charge is -2.23. The number of carbonyl (C=O) groups excluding carboxylic acids is 1. The Morgan fingerprint density at radius 3 is 3.00 bits per heavy atom. The summed E-state index contributed by atoms with van der Waals surface area (Å²) in [4.78, 5) is 13.7. The van der Waals surface area contributed by atoms with Gasteiger partial charge in [0.15, 0.2) is 0 Å². The Kier molecular flexibility index (Phi) is 3.84. The Labute approximate surface area is 103 Å². The largest absolute Gasteiger partial charge is 0.468 e. The molecular formula is C13H16BNO2. The molecular weight excluding hydrogens is 213 g/mol. The quantitative estimate of drug-likeness (QED) is 0.562. The van der Waals surface area contributed by atoms with E-state index in [0.29, 0.717) is 6.54 Å². The normalized spacial score (nSPS) is 20.4. The fourth-order valence-electron chi connectivity index (χ4n) is 2.32. The van der Waals surface area contributed by atoms with Crippen LogP contribution in [-0.4, -0.2) is 38.4 Å². The van der Waals surface area contributed by atoms with E-state index in [1.54, 1.807) is 0 Å². The zero-order chi connectivity index (χ0) is 12.3. The fourth-order valence-corrected chi connectivity index (χ4v) is 2.32. The topological polar surface area (TPSA) is 29.5 Å². The van der Waals surface area contributed by atoms with Gasteiger partial charge in [0, 0.05) is 6.54 Å². The van der Waals surface area contributed by atoms with Crippen molar-refractivity contribution >= 4 is 19.3 Å². The molecule has 3 nitrogen and oxygen atoms in total. The lowest BCUT2D eigenvalue weighted by atomic mass is 9.90. The molecule has 0 amide bonds. The van der Waals surface area contributed by atoms with Gasteiger partial charge in [-0.1, -0.05) is 29.7 Å². The lowest BCUT2D eigenvalue weighted by Crippen LogP contribution is -2.37. The molecule has 1 aliphatic heterocycles. The van der Waals surface area contributed by atoms with Crippen molar-refractivity contribution in [2.45, 2.75) is 25.4 Å². The van der Waals surface area contributed by atoms with Gasteiger partial charge >= 0.3 is 5.97 Å². The number of ether oxygens (including phenoxy) is 1. The van der Waals surface area contributed by atoms with Crippen molar-refractivity contribution in [3.05, 3.63) is 29.8 Å². The van der Waals surface area contributed by atoms with Crippen molar-refractivity contribution in [3.8, 4) is 0 Å². The molecule has 1 aromatic rings. The summed E-state index contributed by atoms with van der Waals surface area (Å²) in [5, 5.41) is 0. The highest BCUT2D eigenvalue weighted by atomic mass is 16.5. The first-order valence-corrected chi connectivity index (χ1v) is 5.87. The summed E-state index contributed by atoms with van der Waals surface area (Å²) in [6.45, 7) is 1.64. The van der Waals surface area contributed by atoms with Crippen LogP contribution in [0.3, 0.4) is 0 Å². The molecule has 0 spiro atoms. The van der Waals surface area contributed by atoms with Crippen LogP contribution < -0.4 is 5.46 Å². The van der Waals surface area contributed by atoms with Crippen molar-refractivity contribution in [2.24, 2.45) is 0 Å². The molecule has 1 aromatic carbocycles. The number of hydrogen-bond acceptors (Lipinski definition) is 3. The molecule has 88 valence electrons. The molecule has 1 atom stereocenters. The molecule has 1 heterocycles. The van der Waals surface area contributed by atoms with E-state index in [4.69, 9.17) is 12.6 Å². The third-order valence-electron chi connectivity index (χ3n) is 3.27. The predicted octanol–water partition coefficient (Wildman–Crippen LogP) is 0.618. The molecule has 0 aromatic heterocycles. The van der Waals surface area contributed by atoms with E-state index in [1.807, 2.05) is 24.3 Å². The smallest absolute Gasteiger partial charge is 0.323 e. The summed E-state index contributed by atoms with van der Waals surface area (Å²) < 4.78 is 4.82. The Balaban J connectivity index is 2.08. The number of rotatable bonds is 3. The van der Waals surface area contributed by atoms with E-state index in [0.717, 1.165) is 30.4 Å². The Morgan fingerprint density at radius 2 is 2.29 bits per heavy atom. The molecule has 0 saturated carbocycles. The van der Waals surface area contributed by atoms with Crippen LogP contribution in [0, 0.1) is 0 Å². The zero-order valence-corrected chi connectivity index (χ0v) is 10.1. The first-order valence-electron chi connectivity index (χ1n) is 5.87. The van der Waals surface area contributed by atoms with Crippen LogP contribution in [0.25, 0.3) is 0 Å². The summed E-state index contributed by atoms with van der Waals surface area (Å²) in [5.41, 5.74) is 1.85. The number of likely N-dealkylation sites (tertiary alicyclic amines) is 1. The fraction of sp³-hybridized carbons (Fsp3) is 0.462. The molecule has 4 heteroatoms. The monoisotopic (exact) mass is 229 g/mol. The minimum atomic E-state index is -0.142. The number of benzene rings is 1. The van der Waals surface area contributed by atoms with Gasteiger partial charge in [-0.05, 0) is 24.9 Å². The van der Waals surface area contributed by atoms with Crippen molar-refractivity contribution < 1.29 is 9.53 Å². The molecule has 0 aliphatic carbocycles. The summed E-state index contributed by atoms with van der Waals surface area (Å²) in [7, 11) is 7.35. The average molecular weight is 229 g/mol. The molecule has 2 radical (unpaired) electrons. The highest BCUT2D eigenvalue weighted by molar-refractivity contribution is 6.33. The molecule has 0 bridgehead atoms.